The second-order valence-electron chi connectivity index (χ2n) is 8.77. The number of nitrogens with zero attached hydrogens (tertiary/aromatic N) is 1. The summed E-state index contributed by atoms with van der Waals surface area (Å²) in [5, 5.41) is 11.0. The molecule has 0 aliphatic heterocycles. The van der Waals surface area contributed by atoms with Crippen LogP contribution >= 0.6 is 16.1 Å². The number of carbonyl (C=O) groups is 1. The molecule has 152 valence electrons. The number of alkyl halides is 3. The van der Waals surface area contributed by atoms with Crippen LogP contribution in [-0.4, -0.2) is 39.6 Å². The second kappa shape index (κ2) is 7.49. The molecule has 8 heteroatoms. The third kappa shape index (κ3) is 4.66. The van der Waals surface area contributed by atoms with E-state index in [1.807, 2.05) is 13.8 Å². The zero-order chi connectivity index (χ0) is 19.9. The van der Waals surface area contributed by atoms with Gasteiger partial charge in [-0.05, 0) is 49.9 Å². The first-order chi connectivity index (χ1) is 11.8. The van der Waals surface area contributed by atoms with E-state index in [9.17, 15) is 23.1 Å². The van der Waals surface area contributed by atoms with E-state index in [2.05, 4.69) is 23.1 Å². The highest BCUT2D eigenvalue weighted by atomic mass is 79.9. The quantitative estimate of drug-likeness (QED) is 0.602. The fourth-order valence-electron chi connectivity index (χ4n) is 5.11. The van der Waals surface area contributed by atoms with Gasteiger partial charge in [0.15, 0.2) is 0 Å². The van der Waals surface area contributed by atoms with Gasteiger partial charge >= 0.3 is 12.3 Å². The van der Waals surface area contributed by atoms with Gasteiger partial charge in [-0.25, -0.2) is 8.72 Å². The monoisotopic (exact) mass is 443 g/mol. The van der Waals surface area contributed by atoms with E-state index in [0.717, 1.165) is 25.7 Å². The van der Waals surface area contributed by atoms with Crippen LogP contribution in [0.15, 0.2) is 0 Å². The van der Waals surface area contributed by atoms with E-state index in [1.165, 1.54) is 0 Å². The lowest BCUT2D eigenvalue weighted by molar-refractivity contribution is -0.187. The molecular formula is C18H29BrF3NO3. The largest absolute Gasteiger partial charge is 0.445 e. The lowest BCUT2D eigenvalue weighted by Crippen LogP contribution is -2.60. The summed E-state index contributed by atoms with van der Waals surface area (Å²) in [5.74, 6) is -0.0875. The summed E-state index contributed by atoms with van der Waals surface area (Å²) in [6, 6.07) is 0. The first kappa shape index (κ1) is 21.8. The van der Waals surface area contributed by atoms with Crippen molar-refractivity contribution >= 4 is 22.2 Å². The number of carbonyl (C=O) groups excluding carboxylic acids is 1. The molecule has 0 aromatic carbocycles. The van der Waals surface area contributed by atoms with Crippen molar-refractivity contribution in [3.05, 3.63) is 0 Å². The molecule has 0 aromatic rings. The molecule has 0 heterocycles. The summed E-state index contributed by atoms with van der Waals surface area (Å²) in [4.78, 5) is 12.3. The molecule has 0 radical (unpaired) electrons. The normalized spacial score (nSPS) is 38.0. The van der Waals surface area contributed by atoms with Crippen molar-refractivity contribution in [3.8, 4) is 0 Å². The zero-order valence-corrected chi connectivity index (χ0v) is 17.4. The van der Waals surface area contributed by atoms with Gasteiger partial charge in [-0.2, -0.15) is 13.2 Å². The maximum absolute atomic E-state index is 12.6. The van der Waals surface area contributed by atoms with Crippen molar-refractivity contribution in [3.63, 3.8) is 0 Å². The van der Waals surface area contributed by atoms with Gasteiger partial charge in [0, 0.05) is 5.92 Å². The Bertz CT molecular complexity index is 526. The van der Waals surface area contributed by atoms with Crippen LogP contribution in [0.1, 0.15) is 59.8 Å². The highest BCUT2D eigenvalue weighted by Gasteiger charge is 2.57. The molecule has 2 aliphatic carbocycles. The minimum Gasteiger partial charge on any atom is -0.445 e. The molecule has 4 nitrogen and oxygen atoms in total. The maximum Gasteiger partial charge on any atom is 0.420 e. The van der Waals surface area contributed by atoms with Crippen molar-refractivity contribution in [2.75, 3.05) is 6.54 Å². The predicted molar refractivity (Wildman–Crippen MR) is 95.6 cm³/mol. The molecule has 2 saturated carbocycles. The number of amides is 1. The Morgan fingerprint density at radius 3 is 2.46 bits per heavy atom. The molecule has 2 rings (SSSR count). The van der Waals surface area contributed by atoms with Crippen molar-refractivity contribution in [2.24, 2.45) is 23.2 Å². The van der Waals surface area contributed by atoms with Crippen LogP contribution in [0.25, 0.3) is 0 Å². The molecule has 1 N–H and O–H groups in total. The van der Waals surface area contributed by atoms with Crippen LogP contribution < -0.4 is 0 Å². The van der Waals surface area contributed by atoms with Crippen LogP contribution in [0.5, 0.6) is 0 Å². The van der Waals surface area contributed by atoms with Gasteiger partial charge in [-0.1, -0.05) is 27.2 Å². The highest BCUT2D eigenvalue weighted by molar-refractivity contribution is 9.07. The number of halogens is 4. The number of rotatable bonds is 3. The Hall–Kier alpha value is -0.500. The first-order valence-corrected chi connectivity index (χ1v) is 9.91. The minimum atomic E-state index is -4.52. The highest BCUT2D eigenvalue weighted by Crippen LogP contribution is 2.57. The Kier molecular flexibility index (Phi) is 6.28. The summed E-state index contributed by atoms with van der Waals surface area (Å²) in [7, 11) is 0. The molecular weight excluding hydrogens is 415 g/mol. The van der Waals surface area contributed by atoms with E-state index in [-0.39, 0.29) is 23.2 Å². The first-order valence-electron chi connectivity index (χ1n) is 9.20. The Morgan fingerprint density at radius 1 is 1.31 bits per heavy atom. The third-order valence-corrected chi connectivity index (χ3v) is 6.80. The zero-order valence-electron chi connectivity index (χ0n) is 15.8. The molecule has 0 saturated heterocycles. The molecule has 26 heavy (non-hydrogen) atoms. The number of fused-ring (bicyclic) bond motifs is 1. The van der Waals surface area contributed by atoms with E-state index in [0.29, 0.717) is 10.3 Å². The summed E-state index contributed by atoms with van der Waals surface area (Å²) >= 11 is 2.67. The van der Waals surface area contributed by atoms with Gasteiger partial charge < -0.3 is 9.84 Å². The lowest BCUT2D eigenvalue weighted by Gasteiger charge is -2.57. The summed E-state index contributed by atoms with van der Waals surface area (Å²) in [6.45, 7) is 6.48. The molecule has 2 fully saturated rings. The van der Waals surface area contributed by atoms with Crippen LogP contribution in [0.2, 0.25) is 0 Å². The Balaban J connectivity index is 2.28. The number of hydrogen-bond donors (Lipinski definition) is 1. The average molecular weight is 444 g/mol. The van der Waals surface area contributed by atoms with Gasteiger partial charge in [-0.3, -0.25) is 0 Å². The van der Waals surface area contributed by atoms with Crippen LogP contribution in [0.4, 0.5) is 18.0 Å². The fraction of sp³-hybridized carbons (Fsp3) is 0.944. The van der Waals surface area contributed by atoms with Gasteiger partial charge in [0.2, 0.25) is 0 Å². The Labute approximate surface area is 161 Å². The minimum absolute atomic E-state index is 0.00777. The SMILES string of the molecule is CC(C)[C@@H]1CC[C@@]2(C)CCC[C@@](C)(O)[C@@H]2[C@H]1OC(=O)N(Br)CC(F)(F)F. The summed E-state index contributed by atoms with van der Waals surface area (Å²) in [5.41, 5.74) is -1.19. The van der Waals surface area contributed by atoms with Gasteiger partial charge in [0.1, 0.15) is 12.6 Å². The van der Waals surface area contributed by atoms with Crippen LogP contribution in [-0.2, 0) is 4.74 Å². The smallest absolute Gasteiger partial charge is 0.420 e. The van der Waals surface area contributed by atoms with E-state index >= 15 is 0 Å². The molecule has 0 bridgehead atoms. The molecule has 0 aromatic heterocycles. The summed E-state index contributed by atoms with van der Waals surface area (Å²) < 4.78 is 43.8. The molecule has 2 aliphatic rings. The molecule has 0 spiro atoms. The third-order valence-electron chi connectivity index (χ3n) is 6.26. The fourth-order valence-corrected chi connectivity index (χ4v) is 5.48. The standard InChI is InChI=1S/C18H29BrF3NO3/c1-11(2)12-6-9-16(3)7-5-8-17(4,25)14(16)13(12)26-15(24)23(19)10-18(20,21)22/h11-14,25H,5-10H2,1-4H3/t12-,13-,14+,16+,17+/m0/s1. The van der Waals surface area contributed by atoms with Crippen molar-refractivity contribution < 1.29 is 27.8 Å². The summed E-state index contributed by atoms with van der Waals surface area (Å²) in [6.07, 6.45) is -2.00. The van der Waals surface area contributed by atoms with Crippen molar-refractivity contribution in [1.29, 1.82) is 0 Å². The van der Waals surface area contributed by atoms with E-state index < -0.39 is 30.5 Å². The average Bonchev–Trinajstić information content (AvgIpc) is 2.43. The van der Waals surface area contributed by atoms with Crippen LogP contribution in [0.3, 0.4) is 0 Å². The topological polar surface area (TPSA) is 49.8 Å². The van der Waals surface area contributed by atoms with Gasteiger partial charge in [0.25, 0.3) is 0 Å². The number of aliphatic hydroxyl groups is 1. The van der Waals surface area contributed by atoms with Gasteiger partial charge in [0.05, 0.1) is 21.7 Å². The molecule has 1 amide bonds. The second-order valence-corrected chi connectivity index (χ2v) is 9.63. The molecule has 0 unspecified atom stereocenters. The number of hydrogen-bond acceptors (Lipinski definition) is 3. The van der Waals surface area contributed by atoms with Crippen molar-refractivity contribution in [1.82, 2.24) is 3.93 Å². The van der Waals surface area contributed by atoms with Crippen molar-refractivity contribution in [2.45, 2.75) is 77.7 Å². The Morgan fingerprint density at radius 2 is 1.92 bits per heavy atom. The van der Waals surface area contributed by atoms with Crippen LogP contribution in [0, 0.1) is 23.2 Å². The lowest BCUT2D eigenvalue weighted by atomic mass is 9.51. The molecule has 5 atom stereocenters. The van der Waals surface area contributed by atoms with E-state index in [4.69, 9.17) is 4.74 Å². The van der Waals surface area contributed by atoms with Gasteiger partial charge in [-0.15, -0.1) is 0 Å². The van der Waals surface area contributed by atoms with E-state index in [1.54, 1.807) is 6.92 Å². The predicted octanol–water partition coefficient (Wildman–Crippen LogP) is 5.29. The maximum atomic E-state index is 12.6. The number of ether oxygens (including phenoxy) is 1.